The molecule has 3 aromatic heterocycles. The molecule has 11 rings (SSSR count). The lowest BCUT2D eigenvalue weighted by Gasteiger charge is -2.16. The monoisotopic (exact) mass is 698 g/mol. The van der Waals surface area contributed by atoms with E-state index in [1.807, 2.05) is 121 Å². The topological polar surface area (TPSA) is 56.7 Å². The smallest absolute Gasteiger partial charge is 0.164 e. The highest BCUT2D eigenvalue weighted by atomic mass is 16.3. The lowest BCUT2D eigenvalue weighted by Crippen LogP contribution is -2.02. The van der Waals surface area contributed by atoms with E-state index in [-0.39, 0.29) is 68.8 Å². The van der Waals surface area contributed by atoms with Crippen LogP contribution in [0.15, 0.2) is 186 Å². The van der Waals surface area contributed by atoms with E-state index in [9.17, 15) is 4.11 Å². The van der Waals surface area contributed by atoms with Crippen LogP contribution >= 0.6 is 0 Å². The molecule has 0 amide bonds. The molecule has 0 saturated carbocycles. The Kier molecular flexibility index (Phi) is 5.21. The summed E-state index contributed by atoms with van der Waals surface area (Å²) in [5, 5.41) is 2.32. The third kappa shape index (κ3) is 4.76. The summed E-state index contributed by atoms with van der Waals surface area (Å²) in [5.41, 5.74) is 5.70. The minimum atomic E-state index is -0.467. The number of nitrogens with zero attached hydrogens (tertiary/aromatic N) is 4. The molecule has 0 aliphatic rings. The first-order chi connectivity index (χ1) is 30.1. The van der Waals surface area contributed by atoms with Gasteiger partial charge in [0.05, 0.1) is 27.7 Å². The molecule has 0 radical (unpaired) electrons. The molecule has 54 heavy (non-hydrogen) atoms. The van der Waals surface area contributed by atoms with Gasteiger partial charge in [-0.1, -0.05) is 145 Å². The van der Waals surface area contributed by atoms with Crippen molar-refractivity contribution >= 4 is 54.5 Å². The Bertz CT molecular complexity index is 3630. The van der Waals surface area contributed by atoms with E-state index in [4.69, 9.17) is 26.2 Å². The number of rotatable bonds is 5. The predicted molar refractivity (Wildman–Crippen MR) is 221 cm³/mol. The Hall–Kier alpha value is -7.37. The Morgan fingerprint density at radius 1 is 0.463 bits per heavy atom. The summed E-state index contributed by atoms with van der Waals surface area (Å²) in [6.45, 7) is 0. The van der Waals surface area contributed by atoms with E-state index in [2.05, 4.69) is 0 Å². The molecule has 0 bridgehead atoms. The second-order valence-electron chi connectivity index (χ2n) is 13.0. The van der Waals surface area contributed by atoms with Crippen LogP contribution in [0.2, 0.25) is 0 Å². The summed E-state index contributed by atoms with van der Waals surface area (Å²) in [6.07, 6.45) is 0. The first-order valence-corrected chi connectivity index (χ1v) is 17.5. The lowest BCUT2D eigenvalue weighted by atomic mass is 9.97. The van der Waals surface area contributed by atoms with Gasteiger partial charge in [-0.15, -0.1) is 0 Å². The summed E-state index contributed by atoms with van der Waals surface area (Å²) in [7, 11) is 0. The Morgan fingerprint density at radius 2 is 1.15 bits per heavy atom. The summed E-state index contributed by atoms with van der Waals surface area (Å²) >= 11 is 0. The van der Waals surface area contributed by atoms with E-state index in [1.165, 1.54) is 12.1 Å². The maximum atomic E-state index is 9.53. The quantitative estimate of drug-likeness (QED) is 0.180. The highest BCUT2D eigenvalue weighted by Gasteiger charge is 2.22. The summed E-state index contributed by atoms with van der Waals surface area (Å²) in [5.74, 6) is 1.34. The van der Waals surface area contributed by atoms with Gasteiger partial charge in [0.1, 0.15) is 11.2 Å². The van der Waals surface area contributed by atoms with E-state index >= 15 is 0 Å². The van der Waals surface area contributed by atoms with Crippen molar-refractivity contribution < 1.29 is 15.4 Å². The zero-order valence-corrected chi connectivity index (χ0v) is 28.4. The third-order valence-electron chi connectivity index (χ3n) is 9.86. The van der Waals surface area contributed by atoms with Crippen molar-refractivity contribution in [1.29, 1.82) is 0 Å². The molecule has 0 atom stereocenters. The molecular formula is C49H30N4O. The largest absolute Gasteiger partial charge is 0.455 e. The summed E-state index contributed by atoms with van der Waals surface area (Å²) in [4.78, 5) is 14.9. The predicted octanol–water partition coefficient (Wildman–Crippen LogP) is 12.7. The van der Waals surface area contributed by atoms with Gasteiger partial charge in [0.25, 0.3) is 0 Å². The minimum Gasteiger partial charge on any atom is -0.455 e. The average molecular weight is 699 g/mol. The van der Waals surface area contributed by atoms with E-state index < -0.39 is 12.1 Å². The minimum absolute atomic E-state index is 0.0893. The van der Waals surface area contributed by atoms with Crippen LogP contribution in [0, 0.1) is 0 Å². The van der Waals surface area contributed by atoms with Crippen molar-refractivity contribution in [3.8, 4) is 51.0 Å². The molecular weight excluding hydrogens is 661 g/mol. The summed E-state index contributed by atoms with van der Waals surface area (Å²) < 4.78 is 80.1. The lowest BCUT2D eigenvalue weighted by molar-refractivity contribution is 0.670. The van der Waals surface area contributed by atoms with Crippen LogP contribution < -0.4 is 0 Å². The molecule has 0 aliphatic carbocycles. The van der Waals surface area contributed by atoms with Crippen molar-refractivity contribution in [2.24, 2.45) is 0 Å². The van der Waals surface area contributed by atoms with E-state index in [0.29, 0.717) is 51.0 Å². The van der Waals surface area contributed by atoms with Crippen molar-refractivity contribution in [2.45, 2.75) is 0 Å². The molecule has 8 aromatic carbocycles. The average Bonchev–Trinajstić information content (AvgIpc) is 3.87. The molecule has 11 aromatic rings. The molecule has 0 spiro atoms. The van der Waals surface area contributed by atoms with Crippen molar-refractivity contribution in [2.75, 3.05) is 0 Å². The van der Waals surface area contributed by atoms with Gasteiger partial charge in [-0.05, 0) is 47.1 Å². The van der Waals surface area contributed by atoms with Crippen molar-refractivity contribution in [1.82, 2.24) is 19.5 Å². The molecule has 5 heteroatoms. The number of fused-ring (bicyclic) bond motifs is 8. The van der Waals surface area contributed by atoms with Gasteiger partial charge < -0.3 is 8.98 Å². The molecule has 0 N–H and O–H groups in total. The Balaban J connectivity index is 1.29. The highest BCUT2D eigenvalue weighted by molar-refractivity contribution is 6.21. The maximum absolute atomic E-state index is 9.53. The van der Waals surface area contributed by atoms with Gasteiger partial charge in [-0.3, -0.25) is 0 Å². The van der Waals surface area contributed by atoms with Crippen LogP contribution in [0.5, 0.6) is 0 Å². The van der Waals surface area contributed by atoms with Gasteiger partial charge in [0.15, 0.2) is 17.5 Å². The second-order valence-corrected chi connectivity index (χ2v) is 13.0. The van der Waals surface area contributed by atoms with Crippen molar-refractivity contribution in [3.05, 3.63) is 182 Å². The SMILES string of the molecule is [2H]c1cc([2H])c2c(c1[2H])c1c3c([2H])c([2H])c([2H])c([2H])c3cc([2H])c1n2-c1ccc(-c2nc(-c3ccccc3)nc(-c3ccccc3)n2)cc1-c1cccc2c1oc1ccccc12. The van der Waals surface area contributed by atoms with Crippen LogP contribution in [0.3, 0.4) is 0 Å². The summed E-state index contributed by atoms with van der Waals surface area (Å²) in [6, 6.07) is 39.1. The number of hydrogen-bond acceptors (Lipinski definition) is 4. The van der Waals surface area contributed by atoms with Crippen LogP contribution in [0.25, 0.3) is 105 Å². The zero-order chi connectivity index (χ0) is 42.6. The first kappa shape index (κ1) is 23.2. The van der Waals surface area contributed by atoms with E-state index in [1.54, 1.807) is 4.57 Å². The number of para-hydroxylation sites is 3. The van der Waals surface area contributed by atoms with Gasteiger partial charge in [0.2, 0.25) is 0 Å². The van der Waals surface area contributed by atoms with Gasteiger partial charge in [0, 0.05) is 49.4 Å². The van der Waals surface area contributed by atoms with Gasteiger partial charge in [-0.25, -0.2) is 15.0 Å². The first-order valence-electron chi connectivity index (χ1n) is 21.5. The van der Waals surface area contributed by atoms with Crippen molar-refractivity contribution in [3.63, 3.8) is 0 Å². The zero-order valence-electron chi connectivity index (χ0n) is 36.4. The molecule has 5 nitrogen and oxygen atoms in total. The van der Waals surface area contributed by atoms with Crippen LogP contribution in [-0.4, -0.2) is 19.5 Å². The fourth-order valence-electron chi connectivity index (χ4n) is 7.42. The number of benzene rings is 8. The van der Waals surface area contributed by atoms with Crippen LogP contribution in [0.4, 0.5) is 0 Å². The number of furan rings is 1. The molecule has 0 fully saturated rings. The second kappa shape index (κ2) is 12.1. The number of aromatic nitrogens is 4. The molecule has 0 aliphatic heterocycles. The Labute approximate surface area is 321 Å². The van der Waals surface area contributed by atoms with Gasteiger partial charge in [-0.2, -0.15) is 0 Å². The fraction of sp³-hybridized carbons (Fsp3) is 0. The molecule has 0 unspecified atom stereocenters. The highest BCUT2D eigenvalue weighted by Crippen LogP contribution is 2.43. The molecule has 0 saturated heterocycles. The third-order valence-corrected chi connectivity index (χ3v) is 9.86. The van der Waals surface area contributed by atoms with E-state index in [0.717, 1.165) is 21.9 Å². The van der Waals surface area contributed by atoms with Crippen LogP contribution in [0.1, 0.15) is 11.0 Å². The normalized spacial score (nSPS) is 13.8. The number of hydrogen-bond donors (Lipinski definition) is 0. The standard InChI is InChI=1S/C49H30N4O/c1-3-15-32(16-4-1)47-50-48(33-17-5-2-6-18-33)52-49(51-47)34-27-28-42(40(30-34)38-23-13-22-37-36-20-10-12-25-44(36)54-46(37)38)53-41-24-11-9-21-39(41)45-35-19-8-7-14-31(35)26-29-43(45)53/h1-30H/i7D,8D,9D,14D,19D,21D,24D,29D. The maximum Gasteiger partial charge on any atom is 0.164 e. The molecule has 3 heterocycles. The molecule has 252 valence electrons. The Morgan fingerprint density at radius 3 is 1.94 bits per heavy atom. The van der Waals surface area contributed by atoms with Gasteiger partial charge >= 0.3 is 0 Å². The fourth-order valence-corrected chi connectivity index (χ4v) is 7.42. The van der Waals surface area contributed by atoms with Crippen LogP contribution in [-0.2, 0) is 0 Å².